The Labute approximate surface area is 646 Å². The number of halogens is 10. The molecule has 0 radical (unpaired) electrons. The Bertz CT molecular complexity index is 4820. The summed E-state index contributed by atoms with van der Waals surface area (Å²) in [6.45, 7) is 1.81. The molecule has 7 aliphatic rings. The number of rotatable bonds is 1. The molecule has 13 heterocycles. The smallest absolute Gasteiger partial charge is 0.200 e. The van der Waals surface area contributed by atoms with Gasteiger partial charge in [-0.2, -0.15) is 0 Å². The van der Waals surface area contributed by atoms with Gasteiger partial charge in [0.25, 0.3) is 0 Å². The molecule has 4 atom stereocenters. The van der Waals surface area contributed by atoms with E-state index in [1.54, 1.807) is 61.1 Å². The molecule has 0 saturated heterocycles. The van der Waals surface area contributed by atoms with Crippen LogP contribution in [0.1, 0.15) is 44.5 Å². The number of ether oxygens (including phenoxy) is 7. The lowest BCUT2D eigenvalue weighted by Crippen LogP contribution is -2.44. The Balaban J connectivity index is 0.000000108. The molecule has 0 bridgehead atoms. The zero-order valence-electron chi connectivity index (χ0n) is 52.2. The number of amidine groups is 3. The number of nitrogens with two attached hydrogens (primary N) is 4. The second-order valence-electron chi connectivity index (χ2n) is 23.6. The molecule has 0 aliphatic carbocycles. The van der Waals surface area contributed by atoms with E-state index in [9.17, 15) is 9.90 Å². The van der Waals surface area contributed by atoms with E-state index in [0.717, 1.165) is 55.7 Å². The number of aliphatic hydroxyl groups excluding tert-OH is 1. The van der Waals surface area contributed by atoms with Gasteiger partial charge in [-0.3, -0.25) is 19.8 Å². The van der Waals surface area contributed by atoms with Crippen LogP contribution in [0.15, 0.2) is 199 Å². The molecule has 18 rings (SSSR count). The van der Waals surface area contributed by atoms with Crippen LogP contribution in [0.2, 0.25) is 25.8 Å². The molecule has 3 spiro atoms. The summed E-state index contributed by atoms with van der Waals surface area (Å²) in [5.41, 5.74) is 28.2. The summed E-state index contributed by atoms with van der Waals surface area (Å²) in [6.07, 6.45) is 7.78. The Morgan fingerprint density at radius 1 is 0.382 bits per heavy atom. The fourth-order valence-electron chi connectivity index (χ4n) is 12.6. The van der Waals surface area contributed by atoms with Crippen LogP contribution in [-0.2, 0) is 36.4 Å². The summed E-state index contributed by atoms with van der Waals surface area (Å²) in [6, 6.07) is 36.5. The number of fused-ring (bicyclic) bond motifs is 16. The Morgan fingerprint density at radius 3 is 1.06 bits per heavy atom. The summed E-state index contributed by atoms with van der Waals surface area (Å²) < 4.78 is 50.7. The first-order valence-corrected chi connectivity index (χ1v) is 36.2. The van der Waals surface area contributed by atoms with Gasteiger partial charge in [-0.1, -0.05) is 138 Å². The van der Waals surface area contributed by atoms with Crippen molar-refractivity contribution in [2.75, 3.05) is 46.2 Å². The summed E-state index contributed by atoms with van der Waals surface area (Å²) >= 11 is 47.1. The summed E-state index contributed by atoms with van der Waals surface area (Å²) in [5.74, 6) is 6.41. The summed E-state index contributed by atoms with van der Waals surface area (Å²) in [5, 5.41) is 12.4. The van der Waals surface area contributed by atoms with Gasteiger partial charge in [0.05, 0.1) is 73.7 Å². The lowest BCUT2D eigenvalue weighted by molar-refractivity contribution is 0.109. The van der Waals surface area contributed by atoms with Crippen molar-refractivity contribution in [1.82, 2.24) is 24.9 Å². The normalized spacial score (nSPS) is 20.3. The maximum atomic E-state index is 12.2. The minimum atomic E-state index is -1.06. The lowest BCUT2D eigenvalue weighted by atomic mass is 9.81. The van der Waals surface area contributed by atoms with Gasteiger partial charge in [0, 0.05) is 66.9 Å². The minimum Gasteiger partial charge on any atom is -0.455 e. The van der Waals surface area contributed by atoms with E-state index < -0.39 is 22.2 Å². The van der Waals surface area contributed by atoms with Gasteiger partial charge in [-0.15, -0.1) is 0 Å². The first-order valence-electron chi connectivity index (χ1n) is 30.3. The van der Waals surface area contributed by atoms with Crippen molar-refractivity contribution in [2.24, 2.45) is 37.9 Å². The van der Waals surface area contributed by atoms with E-state index in [-0.39, 0.29) is 17.2 Å². The minimum absolute atomic E-state index is 0.105. The summed E-state index contributed by atoms with van der Waals surface area (Å²) in [4.78, 5) is 46.5. The largest absolute Gasteiger partial charge is 0.455 e. The second-order valence-corrected chi connectivity index (χ2v) is 30.1. The molecular weight excluding hydrogens is 1750 g/mol. The topological polar surface area (TPSA) is 321 Å². The van der Waals surface area contributed by atoms with Crippen LogP contribution < -0.4 is 47.3 Å². The van der Waals surface area contributed by atoms with E-state index in [4.69, 9.17) is 133 Å². The zero-order chi connectivity index (χ0) is 71.6. The number of benzene rings is 5. The Morgan fingerprint density at radius 2 is 0.676 bits per heavy atom. The third kappa shape index (κ3) is 13.8. The van der Waals surface area contributed by atoms with Crippen molar-refractivity contribution in [3.05, 3.63) is 255 Å². The molecule has 6 aromatic heterocycles. The Kier molecular flexibility index (Phi) is 20.3. The van der Waals surface area contributed by atoms with E-state index in [0.29, 0.717) is 157 Å². The number of hydrogen-bond acceptors (Lipinski definition) is 22. The van der Waals surface area contributed by atoms with Crippen molar-refractivity contribution < 1.29 is 42.7 Å². The molecule has 7 aliphatic heterocycles. The molecule has 518 valence electrons. The molecule has 0 fully saturated rings. The predicted octanol–water partition coefficient (Wildman–Crippen LogP) is 16.3. The first-order chi connectivity index (χ1) is 48.9. The van der Waals surface area contributed by atoms with E-state index in [1.165, 1.54) is 18.5 Å². The third-order valence-electron chi connectivity index (χ3n) is 17.0. The predicted molar refractivity (Wildman–Crippen MR) is 406 cm³/mol. The Hall–Kier alpha value is -7.42. The second kappa shape index (κ2) is 28.9. The third-order valence-corrected chi connectivity index (χ3v) is 20.5. The zero-order valence-corrected chi connectivity index (χ0v) is 63.9. The molecule has 22 nitrogen and oxygen atoms in total. The standard InChI is InChI=1S/3C15H11BrClN3O2.C13H10BrClN2O2.C12H5BrClNO2/c3*16-8-1-2-11-9(3-8)15(7-21-6-14(18)20-15)10-4-13(17)19-5-12(10)22-11;14-7-1-2-10-8(3-7)13(16,6-18)9-4-12(15)17-5-11(9)19-10;13-6-1-2-9-7(3-6)12(16)8-4-11(14)15-5-10(8)17-9/h3*1-5H,6-7H2,(H2,18,20);1-5,18H,6,16H2;1-5H/t2*15-;;;/m10.../s1. The van der Waals surface area contributed by atoms with Crippen LogP contribution in [0.4, 0.5) is 0 Å². The molecule has 11 aromatic rings. The molecule has 2 unspecified atom stereocenters. The average molecular weight is 1790 g/mol. The highest BCUT2D eigenvalue weighted by molar-refractivity contribution is 9.11. The fourth-order valence-corrected chi connectivity index (χ4v) is 15.2. The number of aromatic nitrogens is 5. The molecule has 9 N–H and O–H groups in total. The van der Waals surface area contributed by atoms with Gasteiger partial charge in [0.1, 0.15) is 108 Å². The van der Waals surface area contributed by atoms with E-state index in [1.807, 2.05) is 72.8 Å². The van der Waals surface area contributed by atoms with Crippen LogP contribution in [0.5, 0.6) is 46.0 Å². The van der Waals surface area contributed by atoms with Crippen LogP contribution in [-0.4, -0.2) is 93.8 Å². The highest BCUT2D eigenvalue weighted by atomic mass is 79.9. The van der Waals surface area contributed by atoms with Gasteiger partial charge in [0.2, 0.25) is 5.43 Å². The number of aliphatic imine (C=N–C) groups is 3. The maximum absolute atomic E-state index is 12.2. The number of nitrogens with zero attached hydrogens (tertiary/aromatic N) is 8. The van der Waals surface area contributed by atoms with Crippen molar-refractivity contribution in [2.45, 2.75) is 22.2 Å². The van der Waals surface area contributed by atoms with Gasteiger partial charge < -0.3 is 65.6 Å². The van der Waals surface area contributed by atoms with E-state index >= 15 is 0 Å². The molecule has 0 amide bonds. The van der Waals surface area contributed by atoms with Crippen molar-refractivity contribution in [3.8, 4) is 46.0 Å². The molecular formula is C70H48Br5Cl5N12O10. The van der Waals surface area contributed by atoms with Crippen molar-refractivity contribution >= 4 is 177 Å². The SMILES string of the molecule is NC1(CO)c2cc(Br)ccc2Oc2cnc(Cl)cc21.NC1=NC2(COC1)c1cc(Br)ccc1Oc1cnc(Cl)cc12.NC1=N[C@@]2(COC1)c1cc(Br)ccc1Oc1cnc(Cl)cc12.NC1=N[C@]2(COC1)c1cc(Br)ccc1Oc1cnc(Cl)cc12.O=c1c2cc(Br)ccc2oc2cnc(Cl)cc12. The maximum Gasteiger partial charge on any atom is 0.200 e. The van der Waals surface area contributed by atoms with Gasteiger partial charge in [-0.05, 0) is 121 Å². The van der Waals surface area contributed by atoms with Crippen LogP contribution in [0.25, 0.3) is 21.9 Å². The molecule has 0 saturated carbocycles. The quantitative estimate of drug-likeness (QED) is 0.0753. The van der Waals surface area contributed by atoms with Crippen molar-refractivity contribution in [3.63, 3.8) is 0 Å². The fraction of sp³-hybridized carbons (Fsp3) is 0.157. The van der Waals surface area contributed by atoms with Crippen LogP contribution in [0.3, 0.4) is 0 Å². The van der Waals surface area contributed by atoms with Gasteiger partial charge in [0.15, 0.2) is 28.6 Å². The monoisotopic (exact) mass is 1790 g/mol. The molecule has 32 heteroatoms. The van der Waals surface area contributed by atoms with Crippen molar-refractivity contribution in [1.29, 1.82) is 0 Å². The number of aliphatic hydroxyl groups is 1. The molecule has 102 heavy (non-hydrogen) atoms. The molecule has 5 aromatic carbocycles. The summed E-state index contributed by atoms with van der Waals surface area (Å²) in [7, 11) is 0. The van der Waals surface area contributed by atoms with Gasteiger partial charge in [-0.25, -0.2) is 24.9 Å². The highest BCUT2D eigenvalue weighted by Gasteiger charge is 2.48. The van der Waals surface area contributed by atoms with Crippen LogP contribution in [0, 0.1) is 0 Å². The highest BCUT2D eigenvalue weighted by Crippen LogP contribution is 2.55. The lowest BCUT2D eigenvalue weighted by Gasteiger charge is -2.39. The number of hydrogen-bond donors (Lipinski definition) is 5. The first kappa shape index (κ1) is 71.6. The van der Waals surface area contributed by atoms with Gasteiger partial charge >= 0.3 is 0 Å². The number of pyridine rings is 5. The van der Waals surface area contributed by atoms with E-state index in [2.05, 4.69) is 105 Å². The average Bonchev–Trinajstić information content (AvgIpc) is 0.740. The van der Waals surface area contributed by atoms with Crippen LogP contribution >= 0.6 is 138 Å².